The first-order valence-electron chi connectivity index (χ1n) is 8.51. The molecule has 0 saturated heterocycles. The van der Waals surface area contributed by atoms with Gasteiger partial charge in [-0.15, -0.1) is 0 Å². The zero-order chi connectivity index (χ0) is 13.8. The number of nitrogens with one attached hydrogen (secondary N) is 1. The molecule has 0 aliphatic heterocycles. The summed E-state index contributed by atoms with van der Waals surface area (Å²) in [6, 6.07) is 2.36. The van der Waals surface area contributed by atoms with Gasteiger partial charge in [-0.3, -0.25) is 4.90 Å². The summed E-state index contributed by atoms with van der Waals surface area (Å²) in [4.78, 5) is 2.57. The largest absolute Gasteiger partial charge is 0.312 e. The number of likely N-dealkylation sites (N-methyl/N-ethyl adjacent to an activating group) is 1. The van der Waals surface area contributed by atoms with Gasteiger partial charge >= 0.3 is 0 Å². The summed E-state index contributed by atoms with van der Waals surface area (Å²) in [6.07, 6.45) is 9.97. The van der Waals surface area contributed by atoms with Crippen molar-refractivity contribution in [3.8, 4) is 0 Å². The Morgan fingerprint density at radius 1 is 1.11 bits per heavy atom. The van der Waals surface area contributed by atoms with E-state index in [4.69, 9.17) is 0 Å². The van der Waals surface area contributed by atoms with Gasteiger partial charge in [0.2, 0.25) is 0 Å². The summed E-state index contributed by atoms with van der Waals surface area (Å²) in [5, 5.41) is 3.85. The van der Waals surface area contributed by atoms with E-state index in [9.17, 15) is 0 Å². The molecule has 3 unspecified atom stereocenters. The van der Waals surface area contributed by atoms with Gasteiger partial charge in [0.05, 0.1) is 0 Å². The van der Waals surface area contributed by atoms with Crippen molar-refractivity contribution >= 4 is 0 Å². The molecular formula is C17H34N2. The second-order valence-electron chi connectivity index (χ2n) is 7.51. The lowest BCUT2D eigenvalue weighted by atomic mass is 9.81. The molecule has 0 spiro atoms. The van der Waals surface area contributed by atoms with Crippen LogP contribution in [0.1, 0.15) is 65.7 Å². The molecule has 0 aromatic rings. The fourth-order valence-corrected chi connectivity index (χ4v) is 3.68. The van der Waals surface area contributed by atoms with Crippen molar-refractivity contribution in [2.45, 2.75) is 83.8 Å². The normalized spacial score (nSPS) is 30.0. The van der Waals surface area contributed by atoms with E-state index in [1.54, 1.807) is 0 Å². The average Bonchev–Trinajstić information content (AvgIpc) is 3.19. The number of hydrogen-bond donors (Lipinski definition) is 1. The molecule has 0 heterocycles. The van der Waals surface area contributed by atoms with Crippen LogP contribution in [0.4, 0.5) is 0 Å². The second kappa shape index (κ2) is 7.08. The Balaban J connectivity index is 1.67. The zero-order valence-electron chi connectivity index (χ0n) is 13.5. The maximum atomic E-state index is 3.85. The van der Waals surface area contributed by atoms with E-state index in [0.29, 0.717) is 6.04 Å². The molecule has 0 amide bonds. The Morgan fingerprint density at radius 2 is 1.84 bits per heavy atom. The van der Waals surface area contributed by atoms with E-state index in [2.05, 4.69) is 38.0 Å². The summed E-state index contributed by atoms with van der Waals surface area (Å²) in [5.41, 5.74) is 0. The van der Waals surface area contributed by atoms with Crippen LogP contribution in [0.3, 0.4) is 0 Å². The van der Waals surface area contributed by atoms with E-state index in [1.165, 1.54) is 51.5 Å². The van der Waals surface area contributed by atoms with Crippen molar-refractivity contribution in [3.05, 3.63) is 0 Å². The van der Waals surface area contributed by atoms with E-state index >= 15 is 0 Å². The van der Waals surface area contributed by atoms with Crippen LogP contribution in [-0.4, -0.2) is 36.6 Å². The predicted molar refractivity (Wildman–Crippen MR) is 83.5 cm³/mol. The van der Waals surface area contributed by atoms with Crippen LogP contribution in [0.25, 0.3) is 0 Å². The molecule has 2 aliphatic carbocycles. The number of nitrogens with zero attached hydrogens (tertiary/aromatic N) is 1. The van der Waals surface area contributed by atoms with Crippen LogP contribution in [0.15, 0.2) is 0 Å². The topological polar surface area (TPSA) is 15.3 Å². The van der Waals surface area contributed by atoms with Gasteiger partial charge in [0.25, 0.3) is 0 Å². The summed E-state index contributed by atoms with van der Waals surface area (Å²) in [6.45, 7) is 8.28. The summed E-state index contributed by atoms with van der Waals surface area (Å²) in [5.74, 6) is 1.84. The van der Waals surface area contributed by atoms with Crippen molar-refractivity contribution < 1.29 is 0 Å². The maximum Gasteiger partial charge on any atom is 0.0192 e. The van der Waals surface area contributed by atoms with Gasteiger partial charge in [0.15, 0.2) is 0 Å². The molecule has 3 atom stereocenters. The van der Waals surface area contributed by atoms with Crippen molar-refractivity contribution in [2.75, 3.05) is 13.6 Å². The Kier molecular flexibility index (Phi) is 5.70. The van der Waals surface area contributed by atoms with Gasteiger partial charge in [-0.2, -0.15) is 0 Å². The Bertz CT molecular complexity index is 260. The molecule has 2 fully saturated rings. The zero-order valence-corrected chi connectivity index (χ0v) is 13.5. The van der Waals surface area contributed by atoms with Crippen molar-refractivity contribution in [2.24, 2.45) is 11.8 Å². The van der Waals surface area contributed by atoms with Crippen molar-refractivity contribution in [1.29, 1.82) is 0 Å². The van der Waals surface area contributed by atoms with E-state index in [1.807, 2.05) is 0 Å². The molecule has 2 nitrogen and oxygen atoms in total. The van der Waals surface area contributed by atoms with E-state index < -0.39 is 0 Å². The molecule has 2 saturated carbocycles. The fourth-order valence-electron chi connectivity index (χ4n) is 3.68. The maximum absolute atomic E-state index is 3.85. The first kappa shape index (κ1) is 15.3. The molecule has 0 radical (unpaired) electrons. The molecule has 112 valence electrons. The summed E-state index contributed by atoms with van der Waals surface area (Å²) < 4.78 is 0. The Hall–Kier alpha value is -0.0800. The molecular weight excluding hydrogens is 232 g/mol. The van der Waals surface area contributed by atoms with E-state index in [-0.39, 0.29) is 0 Å². The molecule has 2 rings (SSSR count). The smallest absolute Gasteiger partial charge is 0.0192 e. The third-order valence-corrected chi connectivity index (χ3v) is 5.11. The van der Waals surface area contributed by atoms with Gasteiger partial charge < -0.3 is 5.32 Å². The van der Waals surface area contributed by atoms with Gasteiger partial charge in [-0.1, -0.05) is 26.7 Å². The molecule has 0 aromatic heterocycles. The van der Waals surface area contributed by atoms with Gasteiger partial charge in [0.1, 0.15) is 0 Å². The third kappa shape index (κ3) is 5.07. The lowest BCUT2D eigenvalue weighted by molar-refractivity contribution is 0.210. The highest BCUT2D eigenvalue weighted by Crippen LogP contribution is 2.30. The molecule has 19 heavy (non-hydrogen) atoms. The van der Waals surface area contributed by atoms with Gasteiger partial charge in [-0.25, -0.2) is 0 Å². The van der Waals surface area contributed by atoms with Gasteiger partial charge in [-0.05, 0) is 57.9 Å². The van der Waals surface area contributed by atoms with Crippen LogP contribution < -0.4 is 5.32 Å². The minimum Gasteiger partial charge on any atom is -0.312 e. The summed E-state index contributed by atoms with van der Waals surface area (Å²) >= 11 is 0. The lowest BCUT2D eigenvalue weighted by Crippen LogP contribution is -2.44. The first-order chi connectivity index (χ1) is 9.06. The van der Waals surface area contributed by atoms with Crippen LogP contribution >= 0.6 is 0 Å². The molecule has 2 heteroatoms. The average molecular weight is 266 g/mol. The SMILES string of the molecule is CC(C)CC1CCCC(NCC(C)N(C)C2CC2)C1. The van der Waals surface area contributed by atoms with Crippen molar-refractivity contribution in [3.63, 3.8) is 0 Å². The van der Waals surface area contributed by atoms with Crippen LogP contribution in [0.5, 0.6) is 0 Å². The Labute approximate surface area is 120 Å². The highest BCUT2D eigenvalue weighted by atomic mass is 15.2. The van der Waals surface area contributed by atoms with Crippen LogP contribution in [0.2, 0.25) is 0 Å². The quantitative estimate of drug-likeness (QED) is 0.756. The Morgan fingerprint density at radius 3 is 2.47 bits per heavy atom. The minimum atomic E-state index is 0.693. The van der Waals surface area contributed by atoms with Crippen LogP contribution in [-0.2, 0) is 0 Å². The lowest BCUT2D eigenvalue weighted by Gasteiger charge is -2.33. The fraction of sp³-hybridized carbons (Fsp3) is 1.00. The predicted octanol–water partition coefficient (Wildman–Crippen LogP) is 3.66. The number of rotatable bonds is 7. The summed E-state index contributed by atoms with van der Waals surface area (Å²) in [7, 11) is 2.30. The second-order valence-corrected chi connectivity index (χ2v) is 7.51. The van der Waals surface area contributed by atoms with E-state index in [0.717, 1.165) is 23.9 Å². The third-order valence-electron chi connectivity index (χ3n) is 5.11. The number of hydrogen-bond acceptors (Lipinski definition) is 2. The van der Waals surface area contributed by atoms with Crippen LogP contribution in [0, 0.1) is 11.8 Å². The highest BCUT2D eigenvalue weighted by Gasteiger charge is 2.29. The molecule has 0 bridgehead atoms. The monoisotopic (exact) mass is 266 g/mol. The van der Waals surface area contributed by atoms with Crippen molar-refractivity contribution in [1.82, 2.24) is 10.2 Å². The highest BCUT2D eigenvalue weighted by molar-refractivity contribution is 4.87. The molecule has 1 N–H and O–H groups in total. The first-order valence-corrected chi connectivity index (χ1v) is 8.51. The molecule has 0 aromatic carbocycles. The van der Waals surface area contributed by atoms with Gasteiger partial charge in [0, 0.05) is 24.7 Å². The minimum absolute atomic E-state index is 0.693. The standard InChI is InChI=1S/C17H34N2/c1-13(2)10-15-6-5-7-16(11-15)18-12-14(3)19(4)17-8-9-17/h13-18H,5-12H2,1-4H3. The molecule has 2 aliphatic rings.